The summed E-state index contributed by atoms with van der Waals surface area (Å²) in [6.07, 6.45) is 1.06. The minimum Gasteiger partial charge on any atom is -0.508 e. The average Bonchev–Trinajstić information content (AvgIpc) is 2.54. The van der Waals surface area contributed by atoms with Gasteiger partial charge in [0.25, 0.3) is 0 Å². The molecule has 1 unspecified atom stereocenters. The highest BCUT2D eigenvalue weighted by atomic mass is 16.3. The summed E-state index contributed by atoms with van der Waals surface area (Å²) in [5.74, 6) is -0.168. The Bertz CT molecular complexity index is 617. The minimum atomic E-state index is -0.650. The van der Waals surface area contributed by atoms with E-state index in [4.69, 9.17) is 0 Å². The number of nitrogens with zero attached hydrogens (tertiary/aromatic N) is 3. The molecule has 1 heterocycles. The number of benzene rings is 1. The van der Waals surface area contributed by atoms with E-state index in [0.29, 0.717) is 19.3 Å². The third-order valence-corrected chi connectivity index (χ3v) is 4.32. The molecule has 0 bridgehead atoms. The van der Waals surface area contributed by atoms with Gasteiger partial charge in [-0.1, -0.05) is 19.1 Å². The molecule has 2 amide bonds. The largest absolute Gasteiger partial charge is 0.508 e. The van der Waals surface area contributed by atoms with Crippen LogP contribution < -0.4 is 0 Å². The van der Waals surface area contributed by atoms with Crippen molar-refractivity contribution in [2.45, 2.75) is 38.9 Å². The van der Waals surface area contributed by atoms with E-state index in [1.54, 1.807) is 36.3 Å². The first-order chi connectivity index (χ1) is 11.4. The van der Waals surface area contributed by atoms with Crippen molar-refractivity contribution in [1.82, 2.24) is 14.9 Å². The maximum absolute atomic E-state index is 12.6. The van der Waals surface area contributed by atoms with Gasteiger partial charge in [-0.3, -0.25) is 19.4 Å². The molecule has 24 heavy (non-hydrogen) atoms. The molecule has 1 N–H and O–H groups in total. The first-order valence-electron chi connectivity index (χ1n) is 7.93. The molecule has 0 radical (unpaired) electrons. The van der Waals surface area contributed by atoms with Crippen molar-refractivity contribution in [2.75, 3.05) is 13.6 Å². The van der Waals surface area contributed by atoms with Gasteiger partial charge in [0, 0.05) is 13.5 Å². The van der Waals surface area contributed by atoms with Crippen LogP contribution in [0.3, 0.4) is 0 Å². The Hall–Kier alpha value is -2.41. The van der Waals surface area contributed by atoms with Gasteiger partial charge < -0.3 is 10.0 Å². The molecule has 2 atom stereocenters. The number of Topliss-reactive ketones (excluding diaryl/α,β-unsaturated/α-hetero) is 1. The molecule has 1 aromatic carbocycles. The van der Waals surface area contributed by atoms with Crippen LogP contribution in [0.15, 0.2) is 24.3 Å². The van der Waals surface area contributed by atoms with Gasteiger partial charge in [-0.15, -0.1) is 0 Å². The number of hydrogen-bond acceptors (Lipinski definition) is 5. The van der Waals surface area contributed by atoms with E-state index in [2.05, 4.69) is 0 Å². The molecule has 0 aliphatic carbocycles. The number of amides is 2. The summed E-state index contributed by atoms with van der Waals surface area (Å²) in [4.78, 5) is 37.7. The number of hydrazine groups is 1. The van der Waals surface area contributed by atoms with Gasteiger partial charge in [-0.2, -0.15) is 0 Å². The molecule has 0 aromatic heterocycles. The Morgan fingerprint density at radius 2 is 2.00 bits per heavy atom. The second-order valence-electron chi connectivity index (χ2n) is 5.99. The fraction of sp³-hybridized carbons (Fsp3) is 0.471. The van der Waals surface area contributed by atoms with Gasteiger partial charge in [0.15, 0.2) is 5.78 Å². The molecule has 130 valence electrons. The molecule has 7 heteroatoms. The van der Waals surface area contributed by atoms with Crippen molar-refractivity contribution in [3.63, 3.8) is 0 Å². The third-order valence-electron chi connectivity index (χ3n) is 4.32. The summed E-state index contributed by atoms with van der Waals surface area (Å²) in [5.41, 5.74) is 0.840. The van der Waals surface area contributed by atoms with E-state index in [-0.39, 0.29) is 24.0 Å². The summed E-state index contributed by atoms with van der Waals surface area (Å²) in [6.45, 7) is 3.38. The van der Waals surface area contributed by atoms with Gasteiger partial charge in [-0.05, 0) is 31.0 Å². The lowest BCUT2D eigenvalue weighted by Gasteiger charge is -2.48. The van der Waals surface area contributed by atoms with Crippen LogP contribution in [0.2, 0.25) is 0 Å². The van der Waals surface area contributed by atoms with Crippen LogP contribution in [0.4, 0.5) is 0 Å². The molecule has 1 aliphatic heterocycles. The van der Waals surface area contributed by atoms with Crippen molar-refractivity contribution in [2.24, 2.45) is 0 Å². The zero-order valence-electron chi connectivity index (χ0n) is 14.2. The molecular formula is C17H23N3O4. The summed E-state index contributed by atoms with van der Waals surface area (Å²) < 4.78 is 0. The molecule has 1 fully saturated rings. The van der Waals surface area contributed by atoms with Crippen molar-refractivity contribution >= 4 is 18.1 Å². The summed E-state index contributed by atoms with van der Waals surface area (Å²) in [6, 6.07) is 5.90. The number of hydrogen-bond donors (Lipinski definition) is 1. The monoisotopic (exact) mass is 333 g/mol. The average molecular weight is 333 g/mol. The Labute approximate surface area is 141 Å². The van der Waals surface area contributed by atoms with Crippen LogP contribution in [0, 0.1) is 0 Å². The van der Waals surface area contributed by atoms with Crippen LogP contribution in [0.5, 0.6) is 5.75 Å². The molecular weight excluding hydrogens is 310 g/mol. The summed E-state index contributed by atoms with van der Waals surface area (Å²) in [7, 11) is 1.68. The number of carbonyl (C=O) groups is 3. The smallest absolute Gasteiger partial charge is 0.240 e. The summed E-state index contributed by atoms with van der Waals surface area (Å²) in [5, 5.41) is 12.4. The maximum atomic E-state index is 12.6. The standard InChI is InChI=1S/C17H23N3O4/c1-4-16-19(11-21)18(3)10-17(24)20(16)15(12(2)22)9-13-5-7-14(23)8-6-13/h5-8,11,15-16,23H,4,9-10H2,1-3H3/t15-,16?/m0/s1. The van der Waals surface area contributed by atoms with Crippen molar-refractivity contribution in [3.05, 3.63) is 29.8 Å². The highest BCUT2D eigenvalue weighted by molar-refractivity contribution is 5.89. The Morgan fingerprint density at radius 1 is 1.38 bits per heavy atom. The first-order valence-corrected chi connectivity index (χ1v) is 7.93. The van der Waals surface area contributed by atoms with Gasteiger partial charge in [-0.25, -0.2) is 5.01 Å². The number of rotatable bonds is 6. The number of phenolic OH excluding ortho intramolecular Hbond substituents is 1. The molecule has 0 saturated carbocycles. The zero-order valence-corrected chi connectivity index (χ0v) is 14.2. The lowest BCUT2D eigenvalue weighted by atomic mass is 9.99. The van der Waals surface area contributed by atoms with Gasteiger partial charge >= 0.3 is 0 Å². The fourth-order valence-corrected chi connectivity index (χ4v) is 3.09. The van der Waals surface area contributed by atoms with Crippen LogP contribution >= 0.6 is 0 Å². The molecule has 1 aromatic rings. The van der Waals surface area contributed by atoms with Crippen LogP contribution in [-0.4, -0.2) is 63.9 Å². The predicted molar refractivity (Wildman–Crippen MR) is 87.7 cm³/mol. The van der Waals surface area contributed by atoms with E-state index in [1.165, 1.54) is 16.8 Å². The van der Waals surface area contributed by atoms with Gasteiger partial charge in [0.1, 0.15) is 11.9 Å². The topological polar surface area (TPSA) is 81.2 Å². The van der Waals surface area contributed by atoms with Crippen molar-refractivity contribution < 1.29 is 19.5 Å². The number of aromatic hydroxyl groups is 1. The van der Waals surface area contributed by atoms with Crippen LogP contribution in [0.1, 0.15) is 25.8 Å². The zero-order chi connectivity index (χ0) is 17.9. The lowest BCUT2D eigenvalue weighted by molar-refractivity contribution is -0.183. The van der Waals surface area contributed by atoms with E-state index in [1.807, 2.05) is 6.92 Å². The number of carbonyl (C=O) groups excluding carboxylic acids is 3. The second kappa shape index (κ2) is 7.44. The highest BCUT2D eigenvalue weighted by Crippen LogP contribution is 2.23. The van der Waals surface area contributed by atoms with Crippen molar-refractivity contribution in [1.29, 1.82) is 0 Å². The first kappa shape index (κ1) is 17.9. The number of phenols is 1. The van der Waals surface area contributed by atoms with E-state index < -0.39 is 12.2 Å². The van der Waals surface area contributed by atoms with Crippen LogP contribution in [-0.2, 0) is 20.8 Å². The number of likely N-dealkylation sites (N-methyl/N-ethyl adjacent to an activating group) is 1. The molecule has 2 rings (SSSR count). The van der Waals surface area contributed by atoms with Crippen LogP contribution in [0.25, 0.3) is 0 Å². The molecule has 7 nitrogen and oxygen atoms in total. The Balaban J connectivity index is 2.33. The number of ketones is 1. The lowest BCUT2D eigenvalue weighted by Crippen LogP contribution is -2.67. The molecule has 0 spiro atoms. The van der Waals surface area contributed by atoms with E-state index in [9.17, 15) is 19.5 Å². The molecule has 1 aliphatic rings. The molecule has 1 saturated heterocycles. The van der Waals surface area contributed by atoms with Gasteiger partial charge in [0.05, 0.1) is 12.6 Å². The van der Waals surface area contributed by atoms with E-state index in [0.717, 1.165) is 5.56 Å². The van der Waals surface area contributed by atoms with Gasteiger partial charge in [0.2, 0.25) is 12.3 Å². The Morgan fingerprint density at radius 3 is 2.50 bits per heavy atom. The maximum Gasteiger partial charge on any atom is 0.240 e. The Kier molecular flexibility index (Phi) is 5.56. The minimum absolute atomic E-state index is 0.0502. The second-order valence-corrected chi connectivity index (χ2v) is 5.99. The third kappa shape index (κ3) is 3.56. The normalized spacial score (nSPS) is 20.1. The van der Waals surface area contributed by atoms with E-state index >= 15 is 0 Å². The fourth-order valence-electron chi connectivity index (χ4n) is 3.09. The highest BCUT2D eigenvalue weighted by Gasteiger charge is 2.41. The quantitative estimate of drug-likeness (QED) is 0.778. The SMILES string of the molecule is CCC1N([C@@H](Cc2ccc(O)cc2)C(C)=O)C(=O)CN(C)N1C=O. The summed E-state index contributed by atoms with van der Waals surface area (Å²) >= 11 is 0. The predicted octanol–water partition coefficient (Wildman–Crippen LogP) is 0.776. The van der Waals surface area contributed by atoms with Crippen molar-refractivity contribution in [3.8, 4) is 5.75 Å².